The van der Waals surface area contributed by atoms with Gasteiger partial charge in [0.15, 0.2) is 5.82 Å². The molecule has 1 aromatic carbocycles. The quantitative estimate of drug-likeness (QED) is 0.609. The van der Waals surface area contributed by atoms with Crippen LogP contribution >= 0.6 is 0 Å². The number of rotatable bonds is 6. The smallest absolute Gasteiger partial charge is 0.387 e. The van der Waals surface area contributed by atoms with Crippen molar-refractivity contribution >= 4 is 17.2 Å². The molecule has 4 rings (SSSR count). The number of allylic oxidation sites excluding steroid dienone is 5. The molecule has 170 valence electrons. The fraction of sp³-hybridized carbons (Fsp3) is 0.348. The monoisotopic (exact) mass is 447 g/mol. The zero-order chi connectivity index (χ0) is 23.1. The van der Waals surface area contributed by atoms with Crippen molar-refractivity contribution in [2.24, 2.45) is 0 Å². The number of hydrogen-bond acceptors (Lipinski definition) is 5. The highest BCUT2D eigenvalue weighted by molar-refractivity contribution is 5.96. The predicted molar refractivity (Wildman–Crippen MR) is 114 cm³/mol. The maximum atomic E-state index is 12.5. The van der Waals surface area contributed by atoms with Crippen LogP contribution in [0.15, 0.2) is 58.9 Å². The maximum Gasteiger partial charge on any atom is 0.387 e. The Balaban J connectivity index is 0.00000141. The molecule has 1 fully saturated rings. The molecule has 0 spiro atoms. The Bertz CT molecular complexity index is 1010. The lowest BCUT2D eigenvalue weighted by molar-refractivity contribution is -0.117. The molecular formula is C23H24F3N3O3. The molecule has 0 N–H and O–H groups in total. The first-order valence-electron chi connectivity index (χ1n) is 10.2. The summed E-state index contributed by atoms with van der Waals surface area (Å²) in [6, 6.07) is 7.94. The number of ether oxygens (including phenoxy) is 1. The molecule has 1 unspecified atom stereocenters. The summed E-state index contributed by atoms with van der Waals surface area (Å²) in [6.45, 7) is -0.327. The summed E-state index contributed by atoms with van der Waals surface area (Å²) in [4.78, 5) is 18.7. The van der Waals surface area contributed by atoms with Crippen molar-refractivity contribution in [3.05, 3.63) is 71.6 Å². The van der Waals surface area contributed by atoms with Gasteiger partial charge in [-0.3, -0.25) is 9.18 Å². The van der Waals surface area contributed by atoms with E-state index in [1.807, 2.05) is 24.3 Å². The Hall–Kier alpha value is -3.36. The first-order chi connectivity index (χ1) is 15.5. The lowest BCUT2D eigenvalue weighted by atomic mass is 10.1. The molecule has 2 aromatic rings. The normalized spacial score (nSPS) is 18.1. The van der Waals surface area contributed by atoms with Crippen molar-refractivity contribution in [1.82, 2.24) is 10.1 Å². The average molecular weight is 447 g/mol. The molecule has 1 aromatic heterocycles. The van der Waals surface area contributed by atoms with Gasteiger partial charge >= 0.3 is 6.61 Å². The molecule has 1 aliphatic carbocycles. The summed E-state index contributed by atoms with van der Waals surface area (Å²) in [5.74, 6) is 0.655. The minimum absolute atomic E-state index is 0.0114. The van der Waals surface area contributed by atoms with Crippen LogP contribution in [0.1, 0.15) is 43.0 Å². The van der Waals surface area contributed by atoms with E-state index in [0.29, 0.717) is 43.9 Å². The van der Waals surface area contributed by atoms with Gasteiger partial charge in [-0.15, -0.1) is 0 Å². The van der Waals surface area contributed by atoms with Crippen LogP contribution in [0.3, 0.4) is 0 Å². The van der Waals surface area contributed by atoms with Crippen LogP contribution in [0.2, 0.25) is 0 Å². The standard InChI is InChI=1S/C22H21F2N3O3.CH3F/c1-2-14-6-9-17(10-7-14)27-13-16(12-19(27)28)21-25-20(26-30-21)15-4-3-5-18(11-8-15)29-22(23)24;1-2/h3,5-11,16,22H,2,4,12-13H2,1H3;1H3. The molecule has 1 amide bonds. The van der Waals surface area contributed by atoms with Crippen molar-refractivity contribution in [2.45, 2.75) is 38.7 Å². The summed E-state index contributed by atoms with van der Waals surface area (Å²) < 4.78 is 44.1. The summed E-state index contributed by atoms with van der Waals surface area (Å²) in [5.41, 5.74) is 2.78. The van der Waals surface area contributed by atoms with Gasteiger partial charge in [-0.1, -0.05) is 36.4 Å². The SMILES string of the molecule is CCc1ccc(N2CC(c3nc(C4=CC=C(OC(F)F)C=CC4)no3)CC2=O)cc1.CF. The Kier molecular flexibility index (Phi) is 7.86. The van der Waals surface area contributed by atoms with Gasteiger partial charge in [0.1, 0.15) is 5.76 Å². The number of carbonyl (C=O) groups is 1. The number of aromatic nitrogens is 2. The molecule has 1 aliphatic heterocycles. The third-order valence-corrected chi connectivity index (χ3v) is 5.15. The summed E-state index contributed by atoms with van der Waals surface area (Å²) >= 11 is 0. The van der Waals surface area contributed by atoms with Crippen molar-refractivity contribution < 1.29 is 27.2 Å². The number of hydrogen-bond donors (Lipinski definition) is 0. The predicted octanol–water partition coefficient (Wildman–Crippen LogP) is 5.20. The second-order valence-corrected chi connectivity index (χ2v) is 7.13. The first-order valence-corrected chi connectivity index (χ1v) is 10.2. The van der Waals surface area contributed by atoms with E-state index in [9.17, 15) is 18.0 Å². The fourth-order valence-electron chi connectivity index (χ4n) is 3.52. The Morgan fingerprint density at radius 2 is 1.97 bits per heavy atom. The number of benzene rings is 1. The number of amides is 1. The Labute approximate surface area is 184 Å². The Morgan fingerprint density at radius 3 is 2.66 bits per heavy atom. The molecule has 9 heteroatoms. The van der Waals surface area contributed by atoms with Gasteiger partial charge < -0.3 is 14.2 Å². The molecule has 6 nitrogen and oxygen atoms in total. The van der Waals surface area contributed by atoms with E-state index in [1.54, 1.807) is 17.1 Å². The zero-order valence-electron chi connectivity index (χ0n) is 17.8. The number of halogens is 3. The van der Waals surface area contributed by atoms with Crippen molar-refractivity contribution in [2.75, 3.05) is 18.6 Å². The van der Waals surface area contributed by atoms with Crippen molar-refractivity contribution in [1.29, 1.82) is 0 Å². The van der Waals surface area contributed by atoms with Crippen LogP contribution < -0.4 is 4.90 Å². The highest BCUT2D eigenvalue weighted by Crippen LogP contribution is 2.32. The molecule has 2 aliphatic rings. The molecule has 1 saturated heterocycles. The third-order valence-electron chi connectivity index (χ3n) is 5.15. The highest BCUT2D eigenvalue weighted by Gasteiger charge is 2.35. The van der Waals surface area contributed by atoms with Crippen molar-refractivity contribution in [3.63, 3.8) is 0 Å². The van der Waals surface area contributed by atoms with E-state index in [2.05, 4.69) is 21.8 Å². The second-order valence-electron chi connectivity index (χ2n) is 7.13. The van der Waals surface area contributed by atoms with E-state index in [4.69, 9.17) is 4.52 Å². The Morgan fingerprint density at radius 1 is 1.22 bits per heavy atom. The molecular weight excluding hydrogens is 423 g/mol. The number of nitrogens with zero attached hydrogens (tertiary/aromatic N) is 3. The minimum Gasteiger partial charge on any atom is -0.435 e. The number of aryl methyl sites for hydroxylation is 1. The van der Waals surface area contributed by atoms with Crippen LogP contribution in [-0.4, -0.2) is 36.4 Å². The topological polar surface area (TPSA) is 68.5 Å². The van der Waals surface area contributed by atoms with Gasteiger partial charge in [-0.2, -0.15) is 13.8 Å². The van der Waals surface area contributed by atoms with Crippen LogP contribution in [0.4, 0.5) is 18.9 Å². The summed E-state index contributed by atoms with van der Waals surface area (Å²) in [7, 11) is 0.500. The van der Waals surface area contributed by atoms with E-state index in [-0.39, 0.29) is 17.6 Å². The number of anilines is 1. The van der Waals surface area contributed by atoms with E-state index < -0.39 is 6.61 Å². The first kappa shape index (κ1) is 23.3. The van der Waals surface area contributed by atoms with Crippen LogP contribution in [-0.2, 0) is 16.0 Å². The summed E-state index contributed by atoms with van der Waals surface area (Å²) in [6.07, 6.45) is 7.94. The van der Waals surface area contributed by atoms with Gasteiger partial charge in [0.2, 0.25) is 11.8 Å². The van der Waals surface area contributed by atoms with Crippen LogP contribution in [0.25, 0.3) is 5.57 Å². The number of carbonyl (C=O) groups excluding carboxylic acids is 1. The maximum absolute atomic E-state index is 12.5. The second kappa shape index (κ2) is 10.8. The highest BCUT2D eigenvalue weighted by atomic mass is 19.3. The fourth-order valence-corrected chi connectivity index (χ4v) is 3.52. The van der Waals surface area contributed by atoms with Crippen LogP contribution in [0.5, 0.6) is 0 Å². The largest absolute Gasteiger partial charge is 0.435 e. The summed E-state index contributed by atoms with van der Waals surface area (Å²) in [5, 5.41) is 4.02. The molecule has 0 saturated carbocycles. The third kappa shape index (κ3) is 5.46. The lowest BCUT2D eigenvalue weighted by Gasteiger charge is -2.16. The molecule has 0 bridgehead atoms. The van der Waals surface area contributed by atoms with E-state index >= 15 is 0 Å². The van der Waals surface area contributed by atoms with E-state index in [1.165, 1.54) is 17.7 Å². The van der Waals surface area contributed by atoms with E-state index in [0.717, 1.165) is 12.1 Å². The minimum atomic E-state index is -2.88. The van der Waals surface area contributed by atoms with Gasteiger partial charge in [0, 0.05) is 24.2 Å². The molecule has 2 heterocycles. The zero-order valence-corrected chi connectivity index (χ0v) is 17.8. The average Bonchev–Trinajstić information content (AvgIpc) is 3.37. The molecule has 0 radical (unpaired) electrons. The molecule has 32 heavy (non-hydrogen) atoms. The number of alkyl halides is 3. The van der Waals surface area contributed by atoms with Gasteiger partial charge in [-0.25, -0.2) is 0 Å². The van der Waals surface area contributed by atoms with Crippen LogP contribution in [0, 0.1) is 0 Å². The molecule has 1 atom stereocenters. The van der Waals surface area contributed by atoms with Gasteiger partial charge in [0.25, 0.3) is 0 Å². The van der Waals surface area contributed by atoms with Crippen molar-refractivity contribution in [3.8, 4) is 0 Å². The van der Waals surface area contributed by atoms with Gasteiger partial charge in [0.05, 0.1) is 13.1 Å². The van der Waals surface area contributed by atoms with Gasteiger partial charge in [-0.05, 0) is 42.7 Å². The lowest BCUT2D eigenvalue weighted by Crippen LogP contribution is -2.24.